The Kier molecular flexibility index (Phi) is 7.20. The minimum absolute atomic E-state index is 0.0529. The third-order valence-corrected chi connectivity index (χ3v) is 9.17. The predicted octanol–water partition coefficient (Wildman–Crippen LogP) is 5.98. The van der Waals surface area contributed by atoms with Gasteiger partial charge in [0.05, 0.1) is 23.5 Å². The van der Waals surface area contributed by atoms with Crippen molar-refractivity contribution in [2.75, 3.05) is 33.4 Å². The number of alkyl halides is 2. The normalized spacial score (nSPS) is 23.6. The monoisotopic (exact) mass is 539 g/mol. The zero-order valence-corrected chi connectivity index (χ0v) is 23.5. The second kappa shape index (κ2) is 10.2. The van der Waals surface area contributed by atoms with Crippen molar-refractivity contribution in [3.8, 4) is 0 Å². The van der Waals surface area contributed by atoms with Crippen LogP contribution in [0.5, 0.6) is 0 Å². The van der Waals surface area contributed by atoms with Crippen LogP contribution in [0.15, 0.2) is 42.5 Å². The van der Waals surface area contributed by atoms with Gasteiger partial charge in [-0.25, -0.2) is 13.6 Å². The fourth-order valence-electron chi connectivity index (χ4n) is 6.75. The third-order valence-electron chi connectivity index (χ3n) is 9.17. The number of amides is 3. The highest BCUT2D eigenvalue weighted by atomic mass is 19.3. The standard InChI is InChI=1S/C31H39F2N3O3/c1-20-16-23(18-24(17-20)30(4,32)33)22(3)34(5)29(38)36-13-12-35-26(27(36)25-9-7-6-8-21(25)2)19-31(28(35)37)10-14-39-15-11-31/h6-9,16-18,22,26-27H,10-15,19H2,1-5H3/t22-,26+,27+/m1/s1. The van der Waals surface area contributed by atoms with Gasteiger partial charge in [0, 0.05) is 45.8 Å². The number of rotatable bonds is 4. The number of fused-ring (bicyclic) bond motifs is 1. The smallest absolute Gasteiger partial charge is 0.320 e. The molecule has 3 amide bonds. The van der Waals surface area contributed by atoms with Gasteiger partial charge in [0.15, 0.2) is 0 Å². The number of urea groups is 1. The van der Waals surface area contributed by atoms with Crippen molar-refractivity contribution in [2.24, 2.45) is 5.41 Å². The maximum atomic E-state index is 14.2. The van der Waals surface area contributed by atoms with Gasteiger partial charge in [0.2, 0.25) is 5.91 Å². The Labute approximate surface area is 229 Å². The van der Waals surface area contributed by atoms with Gasteiger partial charge in [-0.3, -0.25) is 4.79 Å². The van der Waals surface area contributed by atoms with Gasteiger partial charge in [-0.15, -0.1) is 0 Å². The van der Waals surface area contributed by atoms with Crippen LogP contribution in [0.25, 0.3) is 0 Å². The molecule has 3 atom stereocenters. The van der Waals surface area contributed by atoms with E-state index in [9.17, 15) is 18.4 Å². The molecule has 5 rings (SSSR count). The lowest BCUT2D eigenvalue weighted by molar-refractivity contribution is -0.142. The molecule has 0 aromatic heterocycles. The van der Waals surface area contributed by atoms with Crippen LogP contribution in [0.1, 0.15) is 73.0 Å². The van der Waals surface area contributed by atoms with E-state index < -0.39 is 17.4 Å². The van der Waals surface area contributed by atoms with Crippen molar-refractivity contribution in [3.63, 3.8) is 0 Å². The Hall–Kier alpha value is -3.00. The molecule has 3 heterocycles. The van der Waals surface area contributed by atoms with Crippen molar-refractivity contribution >= 4 is 11.9 Å². The molecule has 2 aromatic rings. The predicted molar refractivity (Wildman–Crippen MR) is 146 cm³/mol. The molecular formula is C31H39F2N3O3. The molecule has 0 radical (unpaired) electrons. The number of aryl methyl sites for hydroxylation is 2. The molecular weight excluding hydrogens is 500 g/mol. The first-order valence-electron chi connectivity index (χ1n) is 13.9. The van der Waals surface area contributed by atoms with E-state index in [0.29, 0.717) is 51.1 Å². The van der Waals surface area contributed by atoms with E-state index in [4.69, 9.17) is 4.74 Å². The summed E-state index contributed by atoms with van der Waals surface area (Å²) in [4.78, 5) is 33.5. The van der Waals surface area contributed by atoms with E-state index in [-0.39, 0.29) is 29.6 Å². The molecule has 0 bridgehead atoms. The van der Waals surface area contributed by atoms with Crippen LogP contribution >= 0.6 is 0 Å². The zero-order chi connectivity index (χ0) is 28.1. The van der Waals surface area contributed by atoms with Gasteiger partial charge < -0.3 is 19.4 Å². The molecule has 0 unspecified atom stereocenters. The van der Waals surface area contributed by atoms with Crippen molar-refractivity contribution in [2.45, 2.75) is 71.0 Å². The SMILES string of the molecule is Cc1cc([C@@H](C)N(C)C(=O)N2CCN3C(=O)C4(CCOCC4)C[C@H]3[C@@H]2c2ccccc2C)cc(C(C)(F)F)c1. The third kappa shape index (κ3) is 4.92. The Morgan fingerprint density at radius 2 is 1.82 bits per heavy atom. The highest BCUT2D eigenvalue weighted by molar-refractivity contribution is 5.86. The summed E-state index contributed by atoms with van der Waals surface area (Å²) in [7, 11) is 1.74. The molecule has 8 heteroatoms. The van der Waals surface area contributed by atoms with Crippen molar-refractivity contribution in [3.05, 3.63) is 70.3 Å². The van der Waals surface area contributed by atoms with E-state index >= 15 is 0 Å². The van der Waals surface area contributed by atoms with Crippen LogP contribution < -0.4 is 0 Å². The molecule has 1 spiro atoms. The number of halogens is 2. The maximum absolute atomic E-state index is 14.2. The van der Waals surface area contributed by atoms with Crippen LogP contribution in [0, 0.1) is 19.3 Å². The largest absolute Gasteiger partial charge is 0.381 e. The number of hydrogen-bond acceptors (Lipinski definition) is 3. The van der Waals surface area contributed by atoms with Crippen molar-refractivity contribution in [1.82, 2.24) is 14.7 Å². The number of piperazine rings is 1. The molecule has 0 N–H and O–H groups in total. The van der Waals surface area contributed by atoms with Gasteiger partial charge in [-0.2, -0.15) is 0 Å². The van der Waals surface area contributed by atoms with Crippen LogP contribution in [0.2, 0.25) is 0 Å². The maximum Gasteiger partial charge on any atom is 0.320 e. The summed E-state index contributed by atoms with van der Waals surface area (Å²) in [6.45, 7) is 8.67. The Balaban J connectivity index is 1.48. The number of benzene rings is 2. The summed E-state index contributed by atoms with van der Waals surface area (Å²) in [6, 6.07) is 11.9. The summed E-state index contributed by atoms with van der Waals surface area (Å²) < 4.78 is 34.0. The van der Waals surface area contributed by atoms with Crippen molar-refractivity contribution in [1.29, 1.82) is 0 Å². The minimum atomic E-state index is -2.97. The van der Waals surface area contributed by atoms with Crippen molar-refractivity contribution < 1.29 is 23.1 Å². The van der Waals surface area contributed by atoms with E-state index in [1.165, 1.54) is 12.1 Å². The summed E-state index contributed by atoms with van der Waals surface area (Å²) in [5, 5.41) is 0. The first kappa shape index (κ1) is 27.6. The van der Waals surface area contributed by atoms with Crippen LogP contribution in [-0.4, -0.2) is 66.0 Å². The summed E-state index contributed by atoms with van der Waals surface area (Å²) in [5.41, 5.74) is 3.04. The fourth-order valence-corrected chi connectivity index (χ4v) is 6.75. The Morgan fingerprint density at radius 1 is 1.13 bits per heavy atom. The molecule has 39 heavy (non-hydrogen) atoms. The topological polar surface area (TPSA) is 53.1 Å². The van der Waals surface area contributed by atoms with E-state index in [0.717, 1.165) is 23.6 Å². The van der Waals surface area contributed by atoms with E-state index in [1.807, 2.05) is 47.9 Å². The molecule has 3 saturated heterocycles. The van der Waals surface area contributed by atoms with Gasteiger partial charge >= 0.3 is 6.03 Å². The Morgan fingerprint density at radius 3 is 2.49 bits per heavy atom. The number of nitrogens with zero attached hydrogens (tertiary/aromatic N) is 3. The lowest BCUT2D eigenvalue weighted by Crippen LogP contribution is -2.57. The second-order valence-corrected chi connectivity index (χ2v) is 11.7. The molecule has 6 nitrogen and oxygen atoms in total. The Bertz CT molecular complexity index is 1250. The lowest BCUT2D eigenvalue weighted by Gasteiger charge is -2.47. The number of ether oxygens (including phenoxy) is 1. The second-order valence-electron chi connectivity index (χ2n) is 11.7. The number of hydrogen-bond donors (Lipinski definition) is 0. The highest BCUT2D eigenvalue weighted by Crippen LogP contribution is 2.50. The van der Waals surface area contributed by atoms with Gasteiger partial charge in [0.1, 0.15) is 0 Å². The van der Waals surface area contributed by atoms with Crippen LogP contribution in [0.3, 0.4) is 0 Å². The molecule has 3 aliphatic heterocycles. The quantitative estimate of drug-likeness (QED) is 0.480. The summed E-state index contributed by atoms with van der Waals surface area (Å²) in [5.74, 6) is -2.78. The average Bonchev–Trinajstić information content (AvgIpc) is 3.17. The van der Waals surface area contributed by atoms with E-state index in [1.54, 1.807) is 18.9 Å². The molecule has 0 aliphatic carbocycles. The number of carbonyl (C=O) groups excluding carboxylic acids is 2. The molecule has 3 aliphatic rings. The average molecular weight is 540 g/mol. The molecule has 0 saturated carbocycles. The van der Waals surface area contributed by atoms with Crippen LogP contribution in [0.4, 0.5) is 13.6 Å². The first-order chi connectivity index (χ1) is 18.4. The highest BCUT2D eigenvalue weighted by Gasteiger charge is 2.57. The first-order valence-corrected chi connectivity index (χ1v) is 13.9. The van der Waals surface area contributed by atoms with Crippen LogP contribution in [-0.2, 0) is 15.5 Å². The van der Waals surface area contributed by atoms with Gasteiger partial charge in [-0.05, 0) is 62.8 Å². The lowest BCUT2D eigenvalue weighted by atomic mass is 9.76. The minimum Gasteiger partial charge on any atom is -0.381 e. The summed E-state index contributed by atoms with van der Waals surface area (Å²) >= 11 is 0. The molecule has 210 valence electrons. The van der Waals surface area contributed by atoms with Gasteiger partial charge in [0.25, 0.3) is 5.92 Å². The molecule has 3 fully saturated rings. The molecule has 2 aromatic carbocycles. The fraction of sp³-hybridized carbons (Fsp3) is 0.548. The van der Waals surface area contributed by atoms with E-state index in [2.05, 4.69) is 6.07 Å². The summed E-state index contributed by atoms with van der Waals surface area (Å²) in [6.07, 6.45) is 2.12. The van der Waals surface area contributed by atoms with Gasteiger partial charge in [-0.1, -0.05) is 42.0 Å². The zero-order valence-electron chi connectivity index (χ0n) is 23.5. The number of carbonyl (C=O) groups is 2.